The van der Waals surface area contributed by atoms with Crippen LogP contribution in [-0.4, -0.2) is 78.2 Å². The fourth-order valence-electron chi connectivity index (χ4n) is 6.90. The maximum absolute atomic E-state index is 14.5. The van der Waals surface area contributed by atoms with Crippen molar-refractivity contribution in [3.63, 3.8) is 0 Å². The van der Waals surface area contributed by atoms with Gasteiger partial charge in [-0.3, -0.25) is 19.1 Å². The van der Waals surface area contributed by atoms with E-state index in [1.807, 2.05) is 60.7 Å². The van der Waals surface area contributed by atoms with E-state index in [1.165, 1.54) is 11.3 Å². The van der Waals surface area contributed by atoms with Crippen molar-refractivity contribution < 1.29 is 32.3 Å². The first-order valence-corrected chi connectivity index (χ1v) is 19.6. The van der Waals surface area contributed by atoms with Gasteiger partial charge in [-0.2, -0.15) is 0 Å². The first-order chi connectivity index (χ1) is 24.0. The number of thiazole rings is 1. The summed E-state index contributed by atoms with van der Waals surface area (Å²) >= 11 is 1.40. The number of nitrogens with zero attached hydrogens (tertiary/aromatic N) is 2. The van der Waals surface area contributed by atoms with E-state index >= 15 is 0 Å². The zero-order valence-corrected chi connectivity index (χ0v) is 29.9. The van der Waals surface area contributed by atoms with E-state index in [0.717, 1.165) is 35.9 Å². The van der Waals surface area contributed by atoms with E-state index in [4.69, 9.17) is 9.47 Å². The fourth-order valence-corrected chi connectivity index (χ4v) is 9.10. The highest BCUT2D eigenvalue weighted by Crippen LogP contribution is 2.47. The van der Waals surface area contributed by atoms with E-state index < -0.39 is 50.3 Å². The summed E-state index contributed by atoms with van der Waals surface area (Å²) in [4.78, 5) is 48.8. The molecule has 0 bridgehead atoms. The monoisotopic (exact) mass is 721 g/mol. The fraction of sp³-hybridized carbons (Fsp3) is 0.500. The van der Waals surface area contributed by atoms with Crippen molar-refractivity contribution in [1.82, 2.24) is 19.9 Å². The standard InChI is InChI=1S/C36H43N5O7S2/c1-35(17-18-35)50(45,46)40-33(44)36-21-23(36)11-6-4-3-5-7-15-28(37-24-12-10-13-25(19-24)47-2)32(43)41-22-26(20-29(41)31(42)39-36)48-34-38-27-14-8-9-16-30(27)49-34/h6,8-14,16,19,23,26,28-29,37H,3-5,7,15,17-18,20-22H2,1-2H3,(H,39,42)(H,40,44)/t23-,26-,28+,29+,36-/m1/s1. The Morgan fingerprint density at radius 2 is 1.92 bits per heavy atom. The van der Waals surface area contributed by atoms with Crippen molar-refractivity contribution in [2.75, 3.05) is 19.0 Å². The summed E-state index contributed by atoms with van der Waals surface area (Å²) in [5, 5.41) is 6.78. The summed E-state index contributed by atoms with van der Waals surface area (Å²) in [5.74, 6) is -1.25. The molecule has 1 saturated heterocycles. The number of carbonyl (C=O) groups excluding carboxylic acids is 3. The minimum atomic E-state index is -3.94. The number of sulfonamides is 1. The van der Waals surface area contributed by atoms with Crippen molar-refractivity contribution in [3.05, 3.63) is 60.7 Å². The van der Waals surface area contributed by atoms with Gasteiger partial charge in [-0.25, -0.2) is 13.4 Å². The van der Waals surface area contributed by atoms with Crippen LogP contribution >= 0.6 is 11.3 Å². The minimum absolute atomic E-state index is 0.137. The van der Waals surface area contributed by atoms with Gasteiger partial charge in [0.1, 0.15) is 29.5 Å². The Hall–Kier alpha value is -4.17. The van der Waals surface area contributed by atoms with Crippen LogP contribution in [0.5, 0.6) is 10.9 Å². The molecule has 0 spiro atoms. The predicted molar refractivity (Wildman–Crippen MR) is 190 cm³/mol. The van der Waals surface area contributed by atoms with E-state index in [2.05, 4.69) is 20.3 Å². The number of rotatable bonds is 8. The van der Waals surface area contributed by atoms with Gasteiger partial charge >= 0.3 is 0 Å². The molecule has 3 fully saturated rings. The molecule has 266 valence electrons. The molecule has 2 aromatic carbocycles. The maximum Gasteiger partial charge on any atom is 0.274 e. The average molecular weight is 722 g/mol. The molecule has 3 amide bonds. The molecule has 5 atom stereocenters. The van der Waals surface area contributed by atoms with Crippen molar-refractivity contribution in [3.8, 4) is 10.9 Å². The van der Waals surface area contributed by atoms with Gasteiger partial charge in [0.2, 0.25) is 21.8 Å². The molecular weight excluding hydrogens is 679 g/mol. The minimum Gasteiger partial charge on any atom is -0.497 e. The number of nitrogens with one attached hydrogen (secondary N) is 3. The Morgan fingerprint density at radius 1 is 1.10 bits per heavy atom. The molecule has 3 aromatic rings. The van der Waals surface area contributed by atoms with Crippen LogP contribution in [0.25, 0.3) is 10.2 Å². The second kappa shape index (κ2) is 13.5. The molecule has 1 aromatic heterocycles. The first-order valence-electron chi connectivity index (χ1n) is 17.3. The predicted octanol–water partition coefficient (Wildman–Crippen LogP) is 4.53. The van der Waals surface area contributed by atoms with Gasteiger partial charge < -0.3 is 25.0 Å². The van der Waals surface area contributed by atoms with Gasteiger partial charge in [0.25, 0.3) is 11.1 Å². The molecular formula is C36H43N5O7S2. The molecule has 50 heavy (non-hydrogen) atoms. The lowest BCUT2D eigenvalue weighted by Crippen LogP contribution is -2.58. The molecule has 7 rings (SSSR count). The van der Waals surface area contributed by atoms with Gasteiger partial charge in [-0.15, -0.1) is 0 Å². The Balaban J connectivity index is 1.18. The Labute approximate surface area is 296 Å². The highest BCUT2D eigenvalue weighted by Gasteiger charge is 2.63. The van der Waals surface area contributed by atoms with Crippen LogP contribution in [0.3, 0.4) is 0 Å². The topological polar surface area (TPSA) is 156 Å². The SMILES string of the molecule is COc1cccc(N[C@H]2CCCCCC=C[C@@H]3C[C@@]3(C(=O)NS(=O)(=O)C3(C)CC3)NC(=O)[C@@H]3C[C@@H](Oc4nc5ccccc5s4)CN3C2=O)c1. The van der Waals surface area contributed by atoms with E-state index in [1.54, 1.807) is 18.9 Å². The third kappa shape index (κ3) is 6.91. The van der Waals surface area contributed by atoms with Crippen LogP contribution in [0, 0.1) is 5.92 Å². The molecule has 2 aliphatic heterocycles. The Kier molecular flexibility index (Phi) is 9.27. The average Bonchev–Trinajstić information content (AvgIpc) is 3.90. The molecule has 3 N–H and O–H groups in total. The van der Waals surface area contributed by atoms with E-state index in [9.17, 15) is 22.8 Å². The highest BCUT2D eigenvalue weighted by atomic mass is 32.2. The molecule has 0 unspecified atom stereocenters. The highest BCUT2D eigenvalue weighted by molar-refractivity contribution is 7.91. The third-order valence-electron chi connectivity index (χ3n) is 10.4. The maximum atomic E-state index is 14.5. The van der Waals surface area contributed by atoms with Crippen LogP contribution in [0.1, 0.15) is 64.7 Å². The molecule has 14 heteroatoms. The molecule has 2 aliphatic carbocycles. The van der Waals surface area contributed by atoms with Crippen molar-refractivity contribution in [2.45, 2.75) is 93.2 Å². The number of benzene rings is 2. The second-order valence-electron chi connectivity index (χ2n) is 14.1. The van der Waals surface area contributed by atoms with E-state index in [-0.39, 0.29) is 31.2 Å². The summed E-state index contributed by atoms with van der Waals surface area (Å²) in [6, 6.07) is 13.5. The van der Waals surface area contributed by atoms with Crippen LogP contribution in [0.4, 0.5) is 5.69 Å². The zero-order chi connectivity index (χ0) is 35.1. The number of hydrogen-bond donors (Lipinski definition) is 3. The number of aromatic nitrogens is 1. The van der Waals surface area contributed by atoms with Gasteiger partial charge in [-0.1, -0.05) is 54.5 Å². The molecule has 3 heterocycles. The summed E-state index contributed by atoms with van der Waals surface area (Å²) in [7, 11) is -2.35. The number of carbonyl (C=O) groups is 3. The van der Waals surface area contributed by atoms with Gasteiger partial charge in [0.15, 0.2) is 0 Å². The first kappa shape index (κ1) is 34.3. The van der Waals surface area contributed by atoms with E-state index in [0.29, 0.717) is 35.9 Å². The van der Waals surface area contributed by atoms with Crippen molar-refractivity contribution in [1.29, 1.82) is 0 Å². The number of allylic oxidation sites excluding steroid dienone is 1. The third-order valence-corrected chi connectivity index (χ3v) is 13.5. The number of anilines is 1. The second-order valence-corrected chi connectivity index (χ2v) is 17.3. The summed E-state index contributed by atoms with van der Waals surface area (Å²) in [6.07, 6.45) is 8.60. The largest absolute Gasteiger partial charge is 0.497 e. The van der Waals surface area contributed by atoms with Crippen LogP contribution in [0.15, 0.2) is 60.7 Å². The zero-order valence-electron chi connectivity index (χ0n) is 28.2. The molecule has 12 nitrogen and oxygen atoms in total. The quantitative estimate of drug-likeness (QED) is 0.285. The van der Waals surface area contributed by atoms with Crippen LogP contribution < -0.4 is 24.8 Å². The van der Waals surface area contributed by atoms with Gasteiger partial charge in [-0.05, 0) is 69.7 Å². The number of para-hydroxylation sites is 1. The summed E-state index contributed by atoms with van der Waals surface area (Å²) < 4.78 is 40.2. The lowest BCUT2D eigenvalue weighted by molar-refractivity contribution is -0.140. The molecule has 4 aliphatic rings. The lowest BCUT2D eigenvalue weighted by atomic mass is 10.0. The number of fused-ring (bicyclic) bond motifs is 3. The lowest BCUT2D eigenvalue weighted by Gasteiger charge is -2.30. The Bertz CT molecular complexity index is 1890. The summed E-state index contributed by atoms with van der Waals surface area (Å²) in [5.41, 5.74) is 0.0749. The number of ether oxygens (including phenoxy) is 2. The van der Waals surface area contributed by atoms with Gasteiger partial charge in [0.05, 0.1) is 28.6 Å². The smallest absolute Gasteiger partial charge is 0.274 e. The normalized spacial score (nSPS) is 28.0. The van der Waals surface area contributed by atoms with Crippen molar-refractivity contribution in [2.24, 2.45) is 5.92 Å². The van der Waals surface area contributed by atoms with Gasteiger partial charge in [0, 0.05) is 24.1 Å². The number of methoxy groups -OCH3 is 1. The summed E-state index contributed by atoms with van der Waals surface area (Å²) in [6.45, 7) is 1.75. The van der Waals surface area contributed by atoms with Crippen LogP contribution in [-0.2, 0) is 24.4 Å². The Morgan fingerprint density at radius 3 is 2.70 bits per heavy atom. The molecule has 2 saturated carbocycles. The number of hydrogen-bond acceptors (Lipinski definition) is 10. The van der Waals surface area contributed by atoms with Crippen LogP contribution in [0.2, 0.25) is 0 Å². The number of amides is 3. The molecule has 0 radical (unpaired) electrons. The van der Waals surface area contributed by atoms with Crippen molar-refractivity contribution >= 4 is 55.0 Å².